The van der Waals surface area contributed by atoms with E-state index < -0.39 is 12.1 Å². The van der Waals surface area contributed by atoms with Crippen molar-refractivity contribution in [3.63, 3.8) is 0 Å². The highest BCUT2D eigenvalue weighted by Gasteiger charge is 2.14. The maximum atomic E-state index is 10.6. The zero-order chi connectivity index (χ0) is 16.3. The Hall–Kier alpha value is -0.730. The summed E-state index contributed by atoms with van der Waals surface area (Å²) in [5.41, 5.74) is 0. The SMILES string of the molecule is CCCOC(C)COC(C)COC(C)COC(C)C(=O)O.[NH4+]. The molecule has 22 heavy (non-hydrogen) atoms. The highest BCUT2D eigenvalue weighted by Crippen LogP contribution is 2.02. The van der Waals surface area contributed by atoms with Gasteiger partial charge in [0.2, 0.25) is 0 Å². The maximum Gasteiger partial charge on any atom is 0.332 e. The van der Waals surface area contributed by atoms with Crippen LogP contribution < -0.4 is 6.15 Å². The summed E-state index contributed by atoms with van der Waals surface area (Å²) in [5.74, 6) is -0.972. The van der Waals surface area contributed by atoms with Crippen LogP contribution in [0, 0.1) is 0 Å². The quantitative estimate of drug-likeness (QED) is 0.538. The van der Waals surface area contributed by atoms with Crippen molar-refractivity contribution in [3.8, 4) is 0 Å². The van der Waals surface area contributed by atoms with Crippen molar-refractivity contribution in [2.24, 2.45) is 0 Å². The summed E-state index contributed by atoms with van der Waals surface area (Å²) < 4.78 is 21.9. The van der Waals surface area contributed by atoms with E-state index >= 15 is 0 Å². The van der Waals surface area contributed by atoms with Crippen molar-refractivity contribution in [2.75, 3.05) is 26.4 Å². The van der Waals surface area contributed by atoms with Crippen molar-refractivity contribution in [3.05, 3.63) is 0 Å². The van der Waals surface area contributed by atoms with Gasteiger partial charge in [-0.05, 0) is 34.1 Å². The molecule has 0 aromatic heterocycles. The second-order valence-corrected chi connectivity index (χ2v) is 5.28. The summed E-state index contributed by atoms with van der Waals surface area (Å²) in [6.45, 7) is 11.3. The summed E-state index contributed by atoms with van der Waals surface area (Å²) in [7, 11) is 0. The third kappa shape index (κ3) is 13.0. The third-order valence-electron chi connectivity index (χ3n) is 2.77. The van der Waals surface area contributed by atoms with E-state index in [0.29, 0.717) is 13.2 Å². The fourth-order valence-electron chi connectivity index (χ4n) is 1.41. The summed E-state index contributed by atoms with van der Waals surface area (Å²) >= 11 is 0. The Morgan fingerprint density at radius 1 is 0.864 bits per heavy atom. The number of hydrogen-bond acceptors (Lipinski definition) is 5. The summed E-state index contributed by atoms with van der Waals surface area (Å²) in [4.78, 5) is 10.6. The van der Waals surface area contributed by atoms with Crippen LogP contribution in [0.1, 0.15) is 41.0 Å². The van der Waals surface area contributed by atoms with Crippen LogP contribution in [0.4, 0.5) is 0 Å². The first-order chi connectivity index (χ1) is 9.86. The molecule has 0 saturated heterocycles. The monoisotopic (exact) mass is 324 g/mol. The molecule has 7 heteroatoms. The number of ether oxygens (including phenoxy) is 4. The largest absolute Gasteiger partial charge is 0.479 e. The van der Waals surface area contributed by atoms with Crippen LogP contribution in [0.25, 0.3) is 0 Å². The van der Waals surface area contributed by atoms with Crippen molar-refractivity contribution < 1.29 is 28.8 Å². The summed E-state index contributed by atoms with van der Waals surface area (Å²) in [5, 5.41) is 8.70. The van der Waals surface area contributed by atoms with E-state index in [1.54, 1.807) is 0 Å². The lowest BCUT2D eigenvalue weighted by molar-refractivity contribution is -0.152. The van der Waals surface area contributed by atoms with E-state index in [4.69, 9.17) is 24.1 Å². The van der Waals surface area contributed by atoms with Gasteiger partial charge in [-0.1, -0.05) is 6.92 Å². The molecule has 0 fully saturated rings. The number of quaternary nitrogens is 1. The van der Waals surface area contributed by atoms with Gasteiger partial charge in [0.05, 0.1) is 38.1 Å². The third-order valence-corrected chi connectivity index (χ3v) is 2.77. The second kappa shape index (κ2) is 13.9. The fourth-order valence-corrected chi connectivity index (χ4v) is 1.41. The van der Waals surface area contributed by atoms with Crippen molar-refractivity contribution in [1.29, 1.82) is 0 Å². The Balaban J connectivity index is 0. The molecule has 4 atom stereocenters. The van der Waals surface area contributed by atoms with E-state index in [9.17, 15) is 4.79 Å². The summed E-state index contributed by atoms with van der Waals surface area (Å²) in [6.07, 6.45) is 0.0319. The van der Waals surface area contributed by atoms with Gasteiger partial charge in [0.1, 0.15) is 0 Å². The molecule has 0 aromatic rings. The van der Waals surface area contributed by atoms with Crippen LogP contribution in [-0.4, -0.2) is 61.9 Å². The molecule has 0 radical (unpaired) electrons. The topological polar surface area (TPSA) is 111 Å². The van der Waals surface area contributed by atoms with Gasteiger partial charge in [-0.25, -0.2) is 4.79 Å². The van der Waals surface area contributed by atoms with Crippen LogP contribution in [0.2, 0.25) is 0 Å². The minimum Gasteiger partial charge on any atom is -0.479 e. The molecular formula is C15H34NO6+. The van der Waals surface area contributed by atoms with Gasteiger partial charge in [0.25, 0.3) is 0 Å². The molecule has 0 saturated carbocycles. The molecule has 0 spiro atoms. The van der Waals surface area contributed by atoms with Gasteiger partial charge < -0.3 is 30.2 Å². The Labute approximate surface area is 133 Å². The molecule has 4 unspecified atom stereocenters. The molecule has 0 aromatic carbocycles. The second-order valence-electron chi connectivity index (χ2n) is 5.28. The van der Waals surface area contributed by atoms with E-state index in [1.165, 1.54) is 6.92 Å². The molecule has 0 rings (SSSR count). The molecule has 0 bridgehead atoms. The molecule has 0 aliphatic carbocycles. The van der Waals surface area contributed by atoms with Gasteiger partial charge in [0, 0.05) is 6.61 Å². The van der Waals surface area contributed by atoms with E-state index in [1.807, 2.05) is 20.8 Å². The van der Waals surface area contributed by atoms with Crippen LogP contribution in [-0.2, 0) is 23.7 Å². The molecular weight excluding hydrogens is 290 g/mol. The van der Waals surface area contributed by atoms with Crippen molar-refractivity contribution >= 4 is 5.97 Å². The lowest BCUT2D eigenvalue weighted by Crippen LogP contribution is -2.29. The highest BCUT2D eigenvalue weighted by atomic mass is 16.6. The molecule has 7 nitrogen and oxygen atoms in total. The Morgan fingerprint density at radius 3 is 1.68 bits per heavy atom. The highest BCUT2D eigenvalue weighted by molar-refractivity contribution is 5.71. The zero-order valence-electron chi connectivity index (χ0n) is 14.8. The van der Waals surface area contributed by atoms with Crippen LogP contribution in [0.15, 0.2) is 0 Å². The lowest BCUT2D eigenvalue weighted by Gasteiger charge is -2.20. The van der Waals surface area contributed by atoms with E-state index in [-0.39, 0.29) is 31.1 Å². The average molecular weight is 324 g/mol. The van der Waals surface area contributed by atoms with Gasteiger partial charge in [-0.15, -0.1) is 0 Å². The van der Waals surface area contributed by atoms with E-state index in [2.05, 4.69) is 6.92 Å². The zero-order valence-corrected chi connectivity index (χ0v) is 14.8. The van der Waals surface area contributed by atoms with Gasteiger partial charge >= 0.3 is 5.97 Å². The van der Waals surface area contributed by atoms with Crippen molar-refractivity contribution in [2.45, 2.75) is 65.5 Å². The van der Waals surface area contributed by atoms with E-state index in [0.717, 1.165) is 13.0 Å². The normalized spacial score (nSPS) is 16.4. The number of hydrogen-bond donors (Lipinski definition) is 2. The maximum absolute atomic E-state index is 10.6. The number of carbonyl (C=O) groups is 1. The van der Waals surface area contributed by atoms with Crippen LogP contribution in [0.5, 0.6) is 0 Å². The first-order valence-electron chi connectivity index (χ1n) is 7.56. The molecule has 0 aliphatic rings. The smallest absolute Gasteiger partial charge is 0.332 e. The number of aliphatic carboxylic acids is 1. The summed E-state index contributed by atoms with van der Waals surface area (Å²) in [6, 6.07) is 0. The average Bonchev–Trinajstić information content (AvgIpc) is 2.45. The predicted molar refractivity (Wildman–Crippen MR) is 85.6 cm³/mol. The molecule has 5 N–H and O–H groups in total. The molecule has 0 heterocycles. The minimum absolute atomic E-state index is 0. The molecule has 0 aliphatic heterocycles. The fraction of sp³-hybridized carbons (Fsp3) is 0.933. The molecule has 0 amide bonds. The van der Waals surface area contributed by atoms with Gasteiger partial charge in [-0.3, -0.25) is 0 Å². The Bertz CT molecular complexity index is 277. The minimum atomic E-state index is -0.972. The standard InChI is InChI=1S/C15H30O6.H3N/c1-6-7-18-11(2)8-19-12(3)9-20-13(4)10-21-14(5)15(16)17;/h11-14H,6-10H2,1-5H3,(H,16,17);1H3/p+1. The van der Waals surface area contributed by atoms with Crippen LogP contribution >= 0.6 is 0 Å². The van der Waals surface area contributed by atoms with Gasteiger partial charge in [0.15, 0.2) is 6.10 Å². The van der Waals surface area contributed by atoms with Gasteiger partial charge in [-0.2, -0.15) is 0 Å². The number of carboxylic acid groups (broad SMARTS) is 1. The first kappa shape index (κ1) is 23.5. The van der Waals surface area contributed by atoms with Crippen LogP contribution in [0.3, 0.4) is 0 Å². The van der Waals surface area contributed by atoms with Crippen molar-refractivity contribution in [1.82, 2.24) is 6.15 Å². The lowest BCUT2D eigenvalue weighted by atomic mass is 10.3. The predicted octanol–water partition coefficient (Wildman–Crippen LogP) is 2.48. The number of carboxylic acids is 1. The number of rotatable bonds is 13. The Morgan fingerprint density at radius 2 is 1.27 bits per heavy atom. The Kier molecular flexibility index (Phi) is 14.9. The molecule has 134 valence electrons. The first-order valence-corrected chi connectivity index (χ1v) is 7.56.